The van der Waals surface area contributed by atoms with Gasteiger partial charge in [-0.1, -0.05) is 29.8 Å². The SMILES string of the molecule is O[C@@H]1CN(Cc2ccc(Cl)cc2)CC[C@H]1c1ccc2c(c1)OCO2. The molecule has 2 atom stereocenters. The van der Waals surface area contributed by atoms with Crippen LogP contribution in [-0.2, 0) is 6.54 Å². The lowest BCUT2D eigenvalue weighted by molar-refractivity contribution is 0.0476. The van der Waals surface area contributed by atoms with E-state index < -0.39 is 0 Å². The van der Waals surface area contributed by atoms with Gasteiger partial charge in [-0.25, -0.2) is 0 Å². The summed E-state index contributed by atoms with van der Waals surface area (Å²) >= 11 is 5.93. The molecule has 0 aliphatic carbocycles. The average molecular weight is 346 g/mol. The Balaban J connectivity index is 1.42. The molecule has 2 heterocycles. The Bertz CT molecular complexity index is 719. The van der Waals surface area contributed by atoms with Gasteiger partial charge in [0.25, 0.3) is 0 Å². The van der Waals surface area contributed by atoms with Crippen molar-refractivity contribution in [2.75, 3.05) is 19.9 Å². The number of nitrogens with zero attached hydrogens (tertiary/aromatic N) is 1. The van der Waals surface area contributed by atoms with Crippen molar-refractivity contribution in [2.24, 2.45) is 0 Å². The molecule has 0 spiro atoms. The van der Waals surface area contributed by atoms with Crippen LogP contribution in [0.3, 0.4) is 0 Å². The third kappa shape index (κ3) is 3.22. The molecular formula is C19H20ClNO3. The maximum atomic E-state index is 10.6. The van der Waals surface area contributed by atoms with Gasteiger partial charge in [-0.2, -0.15) is 0 Å². The second-order valence-electron chi connectivity index (χ2n) is 6.44. The summed E-state index contributed by atoms with van der Waals surface area (Å²) in [5.74, 6) is 1.71. The van der Waals surface area contributed by atoms with Crippen LogP contribution in [0.4, 0.5) is 0 Å². The molecule has 126 valence electrons. The standard InChI is InChI=1S/C19H20ClNO3/c20-15-4-1-13(2-5-15)10-21-8-7-16(17(22)11-21)14-3-6-18-19(9-14)24-12-23-18/h1-6,9,16-17,22H,7-8,10-12H2/t16-,17+/m0/s1. The highest BCUT2D eigenvalue weighted by molar-refractivity contribution is 6.30. The fraction of sp³-hybridized carbons (Fsp3) is 0.368. The Labute approximate surface area is 146 Å². The number of fused-ring (bicyclic) bond motifs is 1. The highest BCUT2D eigenvalue weighted by Gasteiger charge is 2.30. The van der Waals surface area contributed by atoms with E-state index in [2.05, 4.69) is 4.90 Å². The zero-order chi connectivity index (χ0) is 16.5. The van der Waals surface area contributed by atoms with Crippen LogP contribution in [-0.4, -0.2) is 36.0 Å². The molecule has 2 aromatic carbocycles. The predicted molar refractivity (Wildman–Crippen MR) is 92.7 cm³/mol. The highest BCUT2D eigenvalue weighted by Crippen LogP contribution is 2.37. The van der Waals surface area contributed by atoms with Crippen LogP contribution < -0.4 is 9.47 Å². The second kappa shape index (κ2) is 6.63. The molecule has 4 rings (SSSR count). The Morgan fingerprint density at radius 3 is 2.67 bits per heavy atom. The van der Waals surface area contributed by atoms with Gasteiger partial charge in [0.05, 0.1) is 6.10 Å². The van der Waals surface area contributed by atoms with E-state index in [1.807, 2.05) is 42.5 Å². The molecule has 0 bridgehead atoms. The first-order valence-corrected chi connectivity index (χ1v) is 8.61. The van der Waals surface area contributed by atoms with E-state index in [9.17, 15) is 5.11 Å². The second-order valence-corrected chi connectivity index (χ2v) is 6.87. The van der Waals surface area contributed by atoms with Crippen molar-refractivity contribution < 1.29 is 14.6 Å². The van der Waals surface area contributed by atoms with Crippen LogP contribution in [0.15, 0.2) is 42.5 Å². The van der Waals surface area contributed by atoms with E-state index in [0.717, 1.165) is 41.6 Å². The number of rotatable bonds is 3. The van der Waals surface area contributed by atoms with Gasteiger partial charge < -0.3 is 14.6 Å². The summed E-state index contributed by atoms with van der Waals surface area (Å²) in [6, 6.07) is 13.9. The van der Waals surface area contributed by atoms with Gasteiger partial charge in [-0.3, -0.25) is 4.90 Å². The predicted octanol–water partition coefficient (Wildman–Crippen LogP) is 3.42. The van der Waals surface area contributed by atoms with E-state index in [-0.39, 0.29) is 18.8 Å². The molecule has 1 N–H and O–H groups in total. The Kier molecular flexibility index (Phi) is 4.35. The van der Waals surface area contributed by atoms with Crippen molar-refractivity contribution in [3.63, 3.8) is 0 Å². The zero-order valence-electron chi connectivity index (χ0n) is 13.3. The molecule has 1 fully saturated rings. The van der Waals surface area contributed by atoms with Crippen molar-refractivity contribution in [3.8, 4) is 11.5 Å². The fourth-order valence-corrected chi connectivity index (χ4v) is 3.65. The van der Waals surface area contributed by atoms with Crippen LogP contribution >= 0.6 is 11.6 Å². The summed E-state index contributed by atoms with van der Waals surface area (Å²) in [7, 11) is 0. The number of halogens is 1. The van der Waals surface area contributed by atoms with Gasteiger partial charge >= 0.3 is 0 Å². The van der Waals surface area contributed by atoms with Crippen LogP contribution in [0, 0.1) is 0 Å². The topological polar surface area (TPSA) is 41.9 Å². The van der Waals surface area contributed by atoms with Gasteiger partial charge in [0.2, 0.25) is 6.79 Å². The molecule has 0 radical (unpaired) electrons. The Morgan fingerprint density at radius 2 is 1.88 bits per heavy atom. The molecule has 4 nitrogen and oxygen atoms in total. The van der Waals surface area contributed by atoms with Crippen LogP contribution in [0.1, 0.15) is 23.5 Å². The number of hydrogen-bond acceptors (Lipinski definition) is 4. The van der Waals surface area contributed by atoms with Crippen LogP contribution in [0.25, 0.3) is 0 Å². The first kappa shape index (κ1) is 15.8. The minimum Gasteiger partial charge on any atom is -0.454 e. The summed E-state index contributed by atoms with van der Waals surface area (Å²) < 4.78 is 10.8. The lowest BCUT2D eigenvalue weighted by Crippen LogP contribution is -2.42. The number of likely N-dealkylation sites (tertiary alicyclic amines) is 1. The van der Waals surface area contributed by atoms with Gasteiger partial charge in [-0.05, 0) is 48.4 Å². The largest absolute Gasteiger partial charge is 0.454 e. The summed E-state index contributed by atoms with van der Waals surface area (Å²) in [6.07, 6.45) is 0.542. The van der Waals surface area contributed by atoms with E-state index in [1.54, 1.807) is 0 Å². The molecular weight excluding hydrogens is 326 g/mol. The maximum absolute atomic E-state index is 10.6. The molecule has 2 aliphatic rings. The molecule has 24 heavy (non-hydrogen) atoms. The normalized spacial score (nSPS) is 23.4. The monoisotopic (exact) mass is 345 g/mol. The smallest absolute Gasteiger partial charge is 0.231 e. The van der Waals surface area contributed by atoms with Gasteiger partial charge in [0, 0.05) is 24.0 Å². The summed E-state index contributed by atoms with van der Waals surface area (Å²) in [5.41, 5.74) is 2.34. The van der Waals surface area contributed by atoms with E-state index >= 15 is 0 Å². The number of ether oxygens (including phenoxy) is 2. The molecule has 0 saturated carbocycles. The van der Waals surface area contributed by atoms with Gasteiger partial charge in [0.1, 0.15) is 0 Å². The van der Waals surface area contributed by atoms with Crippen LogP contribution in [0.5, 0.6) is 11.5 Å². The third-order valence-electron chi connectivity index (χ3n) is 4.81. The number of piperidine rings is 1. The van der Waals surface area contributed by atoms with Gasteiger partial charge in [0.15, 0.2) is 11.5 Å². The molecule has 0 amide bonds. The lowest BCUT2D eigenvalue weighted by atomic mass is 9.86. The van der Waals surface area contributed by atoms with Crippen molar-refractivity contribution in [3.05, 3.63) is 58.6 Å². The van der Waals surface area contributed by atoms with Crippen LogP contribution in [0.2, 0.25) is 5.02 Å². The minimum absolute atomic E-state index is 0.140. The fourth-order valence-electron chi connectivity index (χ4n) is 3.52. The molecule has 5 heteroatoms. The average Bonchev–Trinajstić information content (AvgIpc) is 3.05. The molecule has 2 aromatic rings. The van der Waals surface area contributed by atoms with Crippen molar-refractivity contribution in [1.82, 2.24) is 4.90 Å². The van der Waals surface area contributed by atoms with E-state index in [0.29, 0.717) is 6.54 Å². The molecule has 1 saturated heterocycles. The molecule has 2 aliphatic heterocycles. The quantitative estimate of drug-likeness (QED) is 0.925. The Morgan fingerprint density at radius 1 is 1.08 bits per heavy atom. The summed E-state index contributed by atoms with van der Waals surface area (Å²) in [4.78, 5) is 2.29. The zero-order valence-corrected chi connectivity index (χ0v) is 14.1. The van der Waals surface area contributed by atoms with Gasteiger partial charge in [-0.15, -0.1) is 0 Å². The first-order chi connectivity index (χ1) is 11.7. The third-order valence-corrected chi connectivity index (χ3v) is 5.06. The number of β-amino-alcohol motifs (C(OH)–C–C–N with tert-alkyl or cyclic N) is 1. The van der Waals surface area contributed by atoms with Crippen molar-refractivity contribution in [2.45, 2.75) is 25.0 Å². The molecule has 0 unspecified atom stereocenters. The number of hydrogen-bond donors (Lipinski definition) is 1. The van der Waals surface area contributed by atoms with Crippen molar-refractivity contribution >= 4 is 11.6 Å². The lowest BCUT2D eigenvalue weighted by Gasteiger charge is -2.36. The summed E-state index contributed by atoms with van der Waals surface area (Å²) in [5, 5.41) is 11.4. The Hall–Kier alpha value is -1.75. The maximum Gasteiger partial charge on any atom is 0.231 e. The van der Waals surface area contributed by atoms with Crippen molar-refractivity contribution in [1.29, 1.82) is 0 Å². The number of aliphatic hydroxyl groups is 1. The van der Waals surface area contributed by atoms with E-state index in [4.69, 9.17) is 21.1 Å². The first-order valence-electron chi connectivity index (χ1n) is 8.23. The van der Waals surface area contributed by atoms with E-state index in [1.165, 1.54) is 5.56 Å². The highest BCUT2D eigenvalue weighted by atomic mass is 35.5. The number of benzene rings is 2. The summed E-state index contributed by atoms with van der Waals surface area (Å²) in [6.45, 7) is 2.74. The number of aliphatic hydroxyl groups excluding tert-OH is 1. The minimum atomic E-state index is -0.383. The molecule has 0 aromatic heterocycles.